The van der Waals surface area contributed by atoms with Crippen LogP contribution in [0.3, 0.4) is 0 Å². The third-order valence-electron chi connectivity index (χ3n) is 3.59. The van der Waals surface area contributed by atoms with E-state index in [0.29, 0.717) is 5.02 Å². The number of fused-ring (bicyclic) bond motifs is 1. The van der Waals surface area contributed by atoms with E-state index < -0.39 is 5.79 Å². The molecule has 0 amide bonds. The first kappa shape index (κ1) is 11.4. The van der Waals surface area contributed by atoms with Crippen LogP contribution in [0.25, 0.3) is 0 Å². The van der Waals surface area contributed by atoms with E-state index in [9.17, 15) is 0 Å². The van der Waals surface area contributed by atoms with Crippen LogP contribution in [0.4, 0.5) is 0 Å². The van der Waals surface area contributed by atoms with Gasteiger partial charge in [0, 0.05) is 23.4 Å². The van der Waals surface area contributed by atoms with Gasteiger partial charge >= 0.3 is 0 Å². The Balaban J connectivity index is 1.94. The lowest BCUT2D eigenvalue weighted by molar-refractivity contribution is -0.235. The molecule has 1 aromatic carbocycles. The third-order valence-corrected chi connectivity index (χ3v) is 3.82. The van der Waals surface area contributed by atoms with Crippen molar-refractivity contribution in [2.75, 3.05) is 0 Å². The summed E-state index contributed by atoms with van der Waals surface area (Å²) in [6, 6.07) is 5.66. The topological polar surface area (TPSA) is 18.5 Å². The Kier molecular flexibility index (Phi) is 2.80. The Morgan fingerprint density at radius 2 is 2.00 bits per heavy atom. The summed E-state index contributed by atoms with van der Waals surface area (Å²) in [6.07, 6.45) is 5.33. The quantitative estimate of drug-likeness (QED) is 0.685. The molecule has 91 valence electrons. The van der Waals surface area contributed by atoms with Gasteiger partial charge in [0.05, 0.1) is 6.10 Å². The van der Waals surface area contributed by atoms with Crippen LogP contribution in [-0.2, 0) is 4.74 Å². The zero-order chi connectivity index (χ0) is 11.9. The van der Waals surface area contributed by atoms with Crippen molar-refractivity contribution < 1.29 is 9.47 Å². The summed E-state index contributed by atoms with van der Waals surface area (Å²) in [6.45, 7) is 4.07. The number of hydrogen-bond acceptors (Lipinski definition) is 2. The first-order chi connectivity index (χ1) is 8.19. The van der Waals surface area contributed by atoms with Crippen LogP contribution in [-0.4, -0.2) is 5.79 Å². The highest BCUT2D eigenvalue weighted by Gasteiger charge is 2.41. The van der Waals surface area contributed by atoms with Crippen LogP contribution < -0.4 is 4.74 Å². The standard InChI is InChI=1S/C14H16ClO2/c1-10-12-9-11(15)5-6-13(12)17-14(16-10)7-3-2-4-8-14/h5-6,9-10H,1-4,7-8H2. The van der Waals surface area contributed by atoms with Crippen molar-refractivity contribution in [2.45, 2.75) is 44.0 Å². The molecule has 1 atom stereocenters. The summed E-state index contributed by atoms with van der Waals surface area (Å²) in [4.78, 5) is 0. The molecule has 1 aromatic rings. The molecular weight excluding hydrogens is 236 g/mol. The Morgan fingerprint density at radius 3 is 2.76 bits per heavy atom. The predicted molar refractivity (Wildman–Crippen MR) is 67.1 cm³/mol. The van der Waals surface area contributed by atoms with E-state index in [1.807, 2.05) is 18.2 Å². The van der Waals surface area contributed by atoms with Gasteiger partial charge in [0.25, 0.3) is 0 Å². The van der Waals surface area contributed by atoms with Crippen molar-refractivity contribution in [2.24, 2.45) is 0 Å². The van der Waals surface area contributed by atoms with Crippen molar-refractivity contribution in [1.82, 2.24) is 0 Å². The average Bonchev–Trinajstić information content (AvgIpc) is 2.31. The summed E-state index contributed by atoms with van der Waals surface area (Å²) < 4.78 is 12.1. The molecule has 0 saturated heterocycles. The molecule has 0 N–H and O–H groups in total. The highest BCUT2D eigenvalue weighted by molar-refractivity contribution is 6.30. The maximum atomic E-state index is 6.06. The Hall–Kier alpha value is -0.730. The summed E-state index contributed by atoms with van der Waals surface area (Å²) in [7, 11) is 0. The zero-order valence-corrected chi connectivity index (χ0v) is 10.5. The fourth-order valence-corrected chi connectivity index (χ4v) is 2.90. The number of hydrogen-bond donors (Lipinski definition) is 0. The Labute approximate surface area is 107 Å². The summed E-state index contributed by atoms with van der Waals surface area (Å²) >= 11 is 5.98. The predicted octanol–water partition coefficient (Wildman–Crippen LogP) is 4.28. The molecule has 1 radical (unpaired) electrons. The van der Waals surface area contributed by atoms with Gasteiger partial charge in [-0.1, -0.05) is 18.0 Å². The molecule has 3 heteroatoms. The van der Waals surface area contributed by atoms with Crippen LogP contribution >= 0.6 is 11.6 Å². The Bertz CT molecular complexity index is 424. The van der Waals surface area contributed by atoms with Crippen molar-refractivity contribution in [1.29, 1.82) is 0 Å². The molecule has 1 fully saturated rings. The van der Waals surface area contributed by atoms with E-state index >= 15 is 0 Å². The number of ether oxygens (including phenoxy) is 2. The van der Waals surface area contributed by atoms with Crippen LogP contribution in [0.1, 0.15) is 43.8 Å². The highest BCUT2D eigenvalue weighted by atomic mass is 35.5. The molecule has 1 aliphatic carbocycles. The van der Waals surface area contributed by atoms with Gasteiger partial charge in [-0.05, 0) is 38.0 Å². The van der Waals surface area contributed by atoms with Crippen molar-refractivity contribution in [3.05, 3.63) is 35.7 Å². The third kappa shape index (κ3) is 2.04. The number of benzene rings is 1. The molecule has 2 nitrogen and oxygen atoms in total. The Morgan fingerprint density at radius 1 is 1.24 bits per heavy atom. The minimum atomic E-state index is -0.439. The van der Waals surface area contributed by atoms with Gasteiger partial charge in [0.2, 0.25) is 5.79 Å². The molecule has 1 spiro atoms. The average molecular weight is 252 g/mol. The van der Waals surface area contributed by atoms with Gasteiger partial charge in [0.1, 0.15) is 5.75 Å². The SMILES string of the molecule is [CH2]C1OC2(CCCCC2)Oc2ccc(Cl)cc21. The first-order valence-electron chi connectivity index (χ1n) is 6.18. The second kappa shape index (κ2) is 4.18. The van der Waals surface area contributed by atoms with E-state index in [0.717, 1.165) is 37.0 Å². The molecule has 17 heavy (non-hydrogen) atoms. The minimum Gasteiger partial charge on any atom is -0.462 e. The molecule has 2 aliphatic rings. The number of halogens is 1. The molecule has 3 rings (SSSR count). The second-order valence-electron chi connectivity index (χ2n) is 4.86. The lowest BCUT2D eigenvalue weighted by Crippen LogP contribution is -2.44. The van der Waals surface area contributed by atoms with Gasteiger partial charge in [-0.15, -0.1) is 0 Å². The maximum Gasteiger partial charge on any atom is 0.211 e. The molecule has 1 heterocycles. The van der Waals surface area contributed by atoms with Gasteiger partial charge in [-0.2, -0.15) is 0 Å². The van der Waals surface area contributed by atoms with Crippen LogP contribution in [0.5, 0.6) is 5.75 Å². The summed E-state index contributed by atoms with van der Waals surface area (Å²) in [5.41, 5.74) is 0.952. The van der Waals surface area contributed by atoms with Crippen LogP contribution in [0, 0.1) is 6.92 Å². The van der Waals surface area contributed by atoms with Gasteiger partial charge in [-0.25, -0.2) is 0 Å². The normalized spacial score (nSPS) is 26.4. The largest absolute Gasteiger partial charge is 0.462 e. The van der Waals surface area contributed by atoms with Gasteiger partial charge in [0.15, 0.2) is 0 Å². The fraction of sp³-hybridized carbons (Fsp3) is 0.500. The number of rotatable bonds is 0. The second-order valence-corrected chi connectivity index (χ2v) is 5.30. The van der Waals surface area contributed by atoms with E-state index in [4.69, 9.17) is 21.1 Å². The van der Waals surface area contributed by atoms with Crippen molar-refractivity contribution >= 4 is 11.6 Å². The lowest BCUT2D eigenvalue weighted by Gasteiger charge is -2.43. The minimum absolute atomic E-state index is 0.185. The van der Waals surface area contributed by atoms with Crippen LogP contribution in [0.15, 0.2) is 18.2 Å². The van der Waals surface area contributed by atoms with Gasteiger partial charge < -0.3 is 9.47 Å². The molecule has 0 bridgehead atoms. The monoisotopic (exact) mass is 251 g/mol. The molecule has 1 saturated carbocycles. The fourth-order valence-electron chi connectivity index (χ4n) is 2.72. The molecule has 1 aliphatic heterocycles. The van der Waals surface area contributed by atoms with Crippen molar-refractivity contribution in [3.63, 3.8) is 0 Å². The molecule has 0 aromatic heterocycles. The van der Waals surface area contributed by atoms with Crippen LogP contribution in [0.2, 0.25) is 5.02 Å². The first-order valence-corrected chi connectivity index (χ1v) is 6.56. The molecule has 1 unspecified atom stereocenters. The van der Waals surface area contributed by atoms with Crippen molar-refractivity contribution in [3.8, 4) is 5.75 Å². The lowest BCUT2D eigenvalue weighted by atomic mass is 9.92. The van der Waals surface area contributed by atoms with E-state index in [-0.39, 0.29) is 6.10 Å². The van der Waals surface area contributed by atoms with E-state index in [2.05, 4.69) is 6.92 Å². The maximum absolute atomic E-state index is 6.06. The summed E-state index contributed by atoms with van der Waals surface area (Å²) in [5.74, 6) is 0.438. The van der Waals surface area contributed by atoms with E-state index in [1.165, 1.54) is 6.42 Å². The molecular formula is C14H16ClO2. The van der Waals surface area contributed by atoms with E-state index in [1.54, 1.807) is 0 Å². The zero-order valence-electron chi connectivity index (χ0n) is 9.75. The smallest absolute Gasteiger partial charge is 0.211 e. The summed E-state index contributed by atoms with van der Waals surface area (Å²) in [5, 5.41) is 0.698. The highest BCUT2D eigenvalue weighted by Crippen LogP contribution is 2.45. The van der Waals surface area contributed by atoms with Gasteiger partial charge in [-0.3, -0.25) is 0 Å².